The molecule has 1 heterocycles. The van der Waals surface area contributed by atoms with E-state index >= 15 is 0 Å². The summed E-state index contributed by atoms with van der Waals surface area (Å²) in [5, 5.41) is 3.59. The van der Waals surface area contributed by atoms with E-state index in [0.29, 0.717) is 11.9 Å². The molecule has 2 fully saturated rings. The van der Waals surface area contributed by atoms with Crippen molar-refractivity contribution < 1.29 is 0 Å². The normalized spacial score (nSPS) is 22.9. The number of rotatable bonds is 4. The number of hydrogen-bond acceptors (Lipinski definition) is 6. The highest BCUT2D eigenvalue weighted by Gasteiger charge is 2.43. The summed E-state index contributed by atoms with van der Waals surface area (Å²) in [5.41, 5.74) is 14.1. The van der Waals surface area contributed by atoms with Crippen LogP contribution < -0.4 is 21.7 Å². The maximum absolute atomic E-state index is 6.33. The molecule has 4 rings (SSSR count). The largest absolute Gasteiger partial charge is 0.383 e. The number of para-hydroxylation sites is 2. The zero-order chi connectivity index (χ0) is 16.6. The number of nitrogens with one attached hydrogen (secondary N) is 1. The van der Waals surface area contributed by atoms with Gasteiger partial charge >= 0.3 is 0 Å². The maximum atomic E-state index is 6.33. The number of anilines is 2. The maximum Gasteiger partial charge on any atom is 0.220 e. The van der Waals surface area contributed by atoms with Crippen molar-refractivity contribution in [3.63, 3.8) is 0 Å². The molecule has 0 bridgehead atoms. The van der Waals surface area contributed by atoms with Crippen LogP contribution in [0.2, 0.25) is 0 Å². The molecule has 128 valence electrons. The lowest BCUT2D eigenvalue weighted by Crippen LogP contribution is -2.58. The molecule has 1 aliphatic heterocycles. The summed E-state index contributed by atoms with van der Waals surface area (Å²) >= 11 is 0. The Balaban J connectivity index is 1.71. The molecule has 0 unspecified atom stereocenters. The summed E-state index contributed by atoms with van der Waals surface area (Å²) in [7, 11) is 0. The Bertz CT molecular complexity index is 670. The van der Waals surface area contributed by atoms with Crippen molar-refractivity contribution in [2.45, 2.75) is 50.6 Å². The van der Waals surface area contributed by atoms with Crippen molar-refractivity contribution >= 4 is 23.3 Å². The van der Waals surface area contributed by atoms with Gasteiger partial charge in [-0.3, -0.25) is 4.90 Å². The predicted molar refractivity (Wildman–Crippen MR) is 99.2 cm³/mol. The Labute approximate surface area is 143 Å². The third-order valence-electron chi connectivity index (χ3n) is 5.27. The van der Waals surface area contributed by atoms with Gasteiger partial charge in [0.05, 0.1) is 11.4 Å². The van der Waals surface area contributed by atoms with Crippen molar-refractivity contribution in [1.29, 1.82) is 0 Å². The van der Waals surface area contributed by atoms with Gasteiger partial charge in [0.25, 0.3) is 0 Å². The molecule has 0 atom stereocenters. The van der Waals surface area contributed by atoms with Gasteiger partial charge in [-0.2, -0.15) is 4.99 Å². The second kappa shape index (κ2) is 6.00. The van der Waals surface area contributed by atoms with E-state index in [1.54, 1.807) is 0 Å². The van der Waals surface area contributed by atoms with Crippen LogP contribution in [0.15, 0.2) is 34.3 Å². The van der Waals surface area contributed by atoms with Crippen LogP contribution in [-0.2, 0) is 0 Å². The van der Waals surface area contributed by atoms with Crippen molar-refractivity contribution in [3.8, 4) is 0 Å². The molecule has 6 heteroatoms. The van der Waals surface area contributed by atoms with Gasteiger partial charge in [-0.1, -0.05) is 18.6 Å². The van der Waals surface area contributed by atoms with E-state index in [9.17, 15) is 0 Å². The monoisotopic (exact) mass is 326 g/mol. The van der Waals surface area contributed by atoms with Crippen LogP contribution in [0.3, 0.4) is 0 Å². The Morgan fingerprint density at radius 2 is 1.88 bits per heavy atom. The van der Waals surface area contributed by atoms with Crippen molar-refractivity contribution in [3.05, 3.63) is 24.3 Å². The Morgan fingerprint density at radius 3 is 2.62 bits per heavy atom. The van der Waals surface area contributed by atoms with E-state index in [1.165, 1.54) is 19.3 Å². The second-order valence-corrected chi connectivity index (χ2v) is 7.16. The summed E-state index contributed by atoms with van der Waals surface area (Å²) in [4.78, 5) is 11.1. The molecule has 2 saturated carbocycles. The fraction of sp³-hybridized carbons (Fsp3) is 0.556. The summed E-state index contributed by atoms with van der Waals surface area (Å²) < 4.78 is 0. The molecule has 2 aliphatic carbocycles. The minimum Gasteiger partial charge on any atom is -0.383 e. The molecule has 0 radical (unpaired) electrons. The predicted octanol–water partition coefficient (Wildman–Crippen LogP) is 2.62. The lowest BCUT2D eigenvalue weighted by atomic mass is 9.87. The van der Waals surface area contributed by atoms with Crippen molar-refractivity contribution in [2.24, 2.45) is 27.4 Å². The molecule has 0 saturated heterocycles. The summed E-state index contributed by atoms with van der Waals surface area (Å²) in [6.45, 7) is 1.01. The SMILES string of the molecule is NC1=NC2(CCCCC2)N(c2ccccc2NCC2CC2)C(N)=N1. The van der Waals surface area contributed by atoms with Crippen LogP contribution in [0.5, 0.6) is 0 Å². The van der Waals surface area contributed by atoms with E-state index in [0.717, 1.165) is 49.5 Å². The highest BCUT2D eigenvalue weighted by Crippen LogP contribution is 2.42. The zero-order valence-electron chi connectivity index (χ0n) is 14.0. The lowest BCUT2D eigenvalue weighted by molar-refractivity contribution is 0.305. The highest BCUT2D eigenvalue weighted by molar-refractivity contribution is 6.07. The standard InChI is InChI=1S/C18H26N6/c19-16-22-17(20)24(18(23-16)10-4-1-5-11-18)15-7-3-2-6-14(15)21-12-13-8-9-13/h2-3,6-7,13,21H,1,4-5,8-12H2,(H4,19,20,22,23). The average molecular weight is 326 g/mol. The number of hydrogen-bond donors (Lipinski definition) is 3. The Morgan fingerprint density at radius 1 is 1.12 bits per heavy atom. The number of nitrogens with zero attached hydrogens (tertiary/aromatic N) is 3. The first kappa shape index (κ1) is 15.3. The highest BCUT2D eigenvalue weighted by atomic mass is 15.4. The van der Waals surface area contributed by atoms with Crippen LogP contribution in [-0.4, -0.2) is 24.1 Å². The minimum absolute atomic E-state index is 0.300. The number of nitrogens with two attached hydrogens (primary N) is 2. The van der Waals surface area contributed by atoms with E-state index in [-0.39, 0.29) is 5.66 Å². The smallest absolute Gasteiger partial charge is 0.220 e. The number of benzene rings is 1. The molecule has 0 aromatic heterocycles. The Hall–Kier alpha value is -2.24. The van der Waals surface area contributed by atoms with Crippen LogP contribution >= 0.6 is 0 Å². The van der Waals surface area contributed by atoms with Crippen molar-refractivity contribution in [2.75, 3.05) is 16.8 Å². The van der Waals surface area contributed by atoms with Gasteiger partial charge in [0.2, 0.25) is 11.9 Å². The van der Waals surface area contributed by atoms with Gasteiger partial charge < -0.3 is 16.8 Å². The zero-order valence-corrected chi connectivity index (χ0v) is 14.0. The van der Waals surface area contributed by atoms with Gasteiger partial charge in [0.15, 0.2) is 0 Å². The molecular weight excluding hydrogens is 300 g/mol. The van der Waals surface area contributed by atoms with Crippen LogP contribution in [0.1, 0.15) is 44.9 Å². The van der Waals surface area contributed by atoms with Crippen molar-refractivity contribution in [1.82, 2.24) is 0 Å². The fourth-order valence-electron chi connectivity index (χ4n) is 3.86. The van der Waals surface area contributed by atoms with Gasteiger partial charge in [-0.15, -0.1) is 0 Å². The second-order valence-electron chi connectivity index (χ2n) is 7.16. The first-order valence-corrected chi connectivity index (χ1v) is 9.01. The molecular formula is C18H26N6. The first-order valence-electron chi connectivity index (χ1n) is 9.01. The average Bonchev–Trinajstić information content (AvgIpc) is 3.38. The molecule has 24 heavy (non-hydrogen) atoms. The molecule has 3 aliphatic rings. The van der Waals surface area contributed by atoms with Crippen LogP contribution in [0, 0.1) is 5.92 Å². The number of guanidine groups is 2. The molecule has 1 spiro atoms. The summed E-state index contributed by atoms with van der Waals surface area (Å²) in [6, 6.07) is 8.32. The van der Waals surface area contributed by atoms with Gasteiger partial charge in [-0.25, -0.2) is 4.99 Å². The fourth-order valence-corrected chi connectivity index (χ4v) is 3.86. The van der Waals surface area contributed by atoms with Crippen LogP contribution in [0.25, 0.3) is 0 Å². The van der Waals surface area contributed by atoms with E-state index < -0.39 is 0 Å². The van der Waals surface area contributed by atoms with E-state index in [2.05, 4.69) is 33.4 Å². The van der Waals surface area contributed by atoms with Crippen LogP contribution in [0.4, 0.5) is 11.4 Å². The van der Waals surface area contributed by atoms with Gasteiger partial charge in [0, 0.05) is 6.54 Å². The Kier molecular flexibility index (Phi) is 3.82. The third-order valence-corrected chi connectivity index (χ3v) is 5.27. The minimum atomic E-state index is -0.383. The third kappa shape index (κ3) is 2.81. The molecule has 6 nitrogen and oxygen atoms in total. The topological polar surface area (TPSA) is 92.0 Å². The summed E-state index contributed by atoms with van der Waals surface area (Å²) in [5.74, 6) is 1.56. The molecule has 0 amide bonds. The molecule has 1 aromatic carbocycles. The quantitative estimate of drug-likeness (QED) is 0.793. The van der Waals surface area contributed by atoms with Gasteiger partial charge in [-0.05, 0) is 56.6 Å². The molecule has 1 aromatic rings. The summed E-state index contributed by atoms with van der Waals surface area (Å²) in [6.07, 6.45) is 8.09. The first-order chi connectivity index (χ1) is 11.7. The van der Waals surface area contributed by atoms with Gasteiger partial charge in [0.1, 0.15) is 5.66 Å². The lowest BCUT2D eigenvalue weighted by Gasteiger charge is -2.46. The van der Waals surface area contributed by atoms with E-state index in [4.69, 9.17) is 16.5 Å². The molecule has 5 N–H and O–H groups in total. The van der Waals surface area contributed by atoms with E-state index in [1.807, 2.05) is 6.07 Å². The number of aliphatic imine (C=N–C) groups is 2.